The van der Waals surface area contributed by atoms with Gasteiger partial charge in [0.25, 0.3) is 0 Å². The Hall–Kier alpha value is -0.120. The SMILES string of the molecule is CC(CCCNC(C)(C)C)N1CCCN2CCCC2C1. The lowest BCUT2D eigenvalue weighted by Gasteiger charge is -2.31. The second-order valence-corrected chi connectivity index (χ2v) is 7.85. The van der Waals surface area contributed by atoms with Crippen molar-refractivity contribution in [3.63, 3.8) is 0 Å². The van der Waals surface area contributed by atoms with Crippen LogP contribution in [0.15, 0.2) is 0 Å². The second kappa shape index (κ2) is 7.24. The average molecular weight is 281 g/mol. The first-order valence-corrected chi connectivity index (χ1v) is 8.69. The highest BCUT2D eigenvalue weighted by Gasteiger charge is 2.30. The van der Waals surface area contributed by atoms with Crippen LogP contribution in [0.2, 0.25) is 0 Å². The molecule has 2 aliphatic heterocycles. The van der Waals surface area contributed by atoms with Gasteiger partial charge in [-0.05, 0) is 86.0 Å². The van der Waals surface area contributed by atoms with Gasteiger partial charge in [0.2, 0.25) is 0 Å². The number of nitrogens with one attached hydrogen (secondary N) is 1. The summed E-state index contributed by atoms with van der Waals surface area (Å²) in [5.74, 6) is 0. The predicted octanol–water partition coefficient (Wildman–Crippen LogP) is 2.71. The third-order valence-electron chi connectivity index (χ3n) is 4.91. The second-order valence-electron chi connectivity index (χ2n) is 7.85. The summed E-state index contributed by atoms with van der Waals surface area (Å²) in [6.45, 7) is 15.6. The Morgan fingerprint density at radius 2 is 1.90 bits per heavy atom. The molecule has 0 aromatic carbocycles. The minimum atomic E-state index is 0.260. The molecular formula is C17H35N3. The summed E-state index contributed by atoms with van der Waals surface area (Å²) in [5.41, 5.74) is 0.260. The molecule has 2 saturated heterocycles. The Morgan fingerprint density at radius 1 is 1.15 bits per heavy atom. The number of hydrogen-bond donors (Lipinski definition) is 1. The first-order valence-electron chi connectivity index (χ1n) is 8.69. The van der Waals surface area contributed by atoms with E-state index in [1.165, 1.54) is 58.3 Å². The maximum absolute atomic E-state index is 3.60. The standard InChI is InChI=1S/C17H35N3/c1-15(8-5-10-18-17(2,3)4)20-13-7-12-19-11-6-9-16(19)14-20/h15-16,18H,5-14H2,1-4H3. The van der Waals surface area contributed by atoms with E-state index < -0.39 is 0 Å². The molecule has 0 radical (unpaired) electrons. The van der Waals surface area contributed by atoms with E-state index in [1.54, 1.807) is 0 Å². The van der Waals surface area contributed by atoms with E-state index >= 15 is 0 Å². The molecule has 2 atom stereocenters. The van der Waals surface area contributed by atoms with Gasteiger partial charge in [-0.15, -0.1) is 0 Å². The topological polar surface area (TPSA) is 18.5 Å². The van der Waals surface area contributed by atoms with E-state index in [0.717, 1.165) is 18.6 Å². The van der Waals surface area contributed by atoms with Crippen molar-refractivity contribution in [2.24, 2.45) is 0 Å². The highest BCUT2D eigenvalue weighted by Crippen LogP contribution is 2.23. The van der Waals surface area contributed by atoms with Crippen LogP contribution in [-0.2, 0) is 0 Å². The molecule has 0 bridgehead atoms. The number of rotatable bonds is 5. The van der Waals surface area contributed by atoms with Gasteiger partial charge in [-0.2, -0.15) is 0 Å². The quantitative estimate of drug-likeness (QED) is 0.782. The van der Waals surface area contributed by atoms with Gasteiger partial charge in [0.1, 0.15) is 0 Å². The van der Waals surface area contributed by atoms with Gasteiger partial charge in [-0.3, -0.25) is 9.80 Å². The van der Waals surface area contributed by atoms with Crippen molar-refractivity contribution in [2.45, 2.75) is 77.4 Å². The minimum absolute atomic E-state index is 0.260. The van der Waals surface area contributed by atoms with Gasteiger partial charge >= 0.3 is 0 Å². The monoisotopic (exact) mass is 281 g/mol. The Kier molecular flexibility index (Phi) is 5.88. The summed E-state index contributed by atoms with van der Waals surface area (Å²) in [7, 11) is 0. The lowest BCUT2D eigenvalue weighted by molar-refractivity contribution is 0.172. The van der Waals surface area contributed by atoms with E-state index in [4.69, 9.17) is 0 Å². The molecule has 2 rings (SSSR count). The molecular weight excluding hydrogens is 246 g/mol. The molecule has 0 aliphatic carbocycles. The highest BCUT2D eigenvalue weighted by atomic mass is 15.3. The molecule has 2 unspecified atom stereocenters. The molecule has 0 aromatic rings. The van der Waals surface area contributed by atoms with E-state index in [0.29, 0.717) is 0 Å². The number of hydrogen-bond acceptors (Lipinski definition) is 3. The molecule has 3 nitrogen and oxygen atoms in total. The van der Waals surface area contributed by atoms with Crippen LogP contribution in [0.1, 0.15) is 59.8 Å². The van der Waals surface area contributed by atoms with E-state index in [9.17, 15) is 0 Å². The molecule has 2 aliphatic rings. The Balaban J connectivity index is 1.70. The molecule has 1 N–H and O–H groups in total. The van der Waals surface area contributed by atoms with Gasteiger partial charge in [0, 0.05) is 24.2 Å². The van der Waals surface area contributed by atoms with Crippen LogP contribution in [0.4, 0.5) is 0 Å². The summed E-state index contributed by atoms with van der Waals surface area (Å²) in [6, 6.07) is 1.60. The zero-order chi connectivity index (χ0) is 14.6. The van der Waals surface area contributed by atoms with Crippen LogP contribution in [0.5, 0.6) is 0 Å². The highest BCUT2D eigenvalue weighted by molar-refractivity contribution is 4.86. The van der Waals surface area contributed by atoms with Crippen LogP contribution in [-0.4, -0.2) is 60.1 Å². The van der Waals surface area contributed by atoms with E-state index in [2.05, 4.69) is 42.8 Å². The van der Waals surface area contributed by atoms with Crippen molar-refractivity contribution in [3.8, 4) is 0 Å². The molecule has 118 valence electrons. The van der Waals surface area contributed by atoms with Gasteiger partial charge in [0.15, 0.2) is 0 Å². The van der Waals surface area contributed by atoms with E-state index in [-0.39, 0.29) is 5.54 Å². The van der Waals surface area contributed by atoms with Crippen molar-refractivity contribution in [1.82, 2.24) is 15.1 Å². The molecule has 3 heteroatoms. The molecule has 2 heterocycles. The number of fused-ring (bicyclic) bond motifs is 1. The Morgan fingerprint density at radius 3 is 2.65 bits per heavy atom. The average Bonchev–Trinajstić information content (AvgIpc) is 2.70. The zero-order valence-corrected chi connectivity index (χ0v) is 14.1. The Labute approximate surface area is 126 Å². The fraction of sp³-hybridized carbons (Fsp3) is 1.00. The summed E-state index contributed by atoms with van der Waals surface area (Å²) in [5, 5.41) is 3.60. The fourth-order valence-corrected chi connectivity index (χ4v) is 3.68. The van der Waals surface area contributed by atoms with Crippen molar-refractivity contribution in [1.29, 1.82) is 0 Å². The maximum Gasteiger partial charge on any atom is 0.0223 e. The molecule has 0 amide bonds. The molecule has 0 aromatic heterocycles. The maximum atomic E-state index is 3.60. The van der Waals surface area contributed by atoms with Crippen molar-refractivity contribution in [2.75, 3.05) is 32.7 Å². The summed E-state index contributed by atoms with van der Waals surface area (Å²) >= 11 is 0. The van der Waals surface area contributed by atoms with Crippen molar-refractivity contribution in [3.05, 3.63) is 0 Å². The van der Waals surface area contributed by atoms with Gasteiger partial charge in [-0.25, -0.2) is 0 Å². The van der Waals surface area contributed by atoms with E-state index in [1.807, 2.05) is 0 Å². The summed E-state index contributed by atoms with van der Waals surface area (Å²) < 4.78 is 0. The lowest BCUT2D eigenvalue weighted by atomic mass is 10.1. The molecule has 0 spiro atoms. The molecule has 2 fully saturated rings. The Bertz CT molecular complexity index is 284. The summed E-state index contributed by atoms with van der Waals surface area (Å²) in [6.07, 6.45) is 6.83. The molecule has 20 heavy (non-hydrogen) atoms. The zero-order valence-electron chi connectivity index (χ0n) is 14.1. The van der Waals surface area contributed by atoms with Crippen LogP contribution in [0.25, 0.3) is 0 Å². The lowest BCUT2D eigenvalue weighted by Crippen LogP contribution is -2.41. The van der Waals surface area contributed by atoms with Gasteiger partial charge < -0.3 is 5.32 Å². The molecule has 0 saturated carbocycles. The predicted molar refractivity (Wildman–Crippen MR) is 87.2 cm³/mol. The number of nitrogens with zero attached hydrogens (tertiary/aromatic N) is 2. The van der Waals surface area contributed by atoms with Crippen molar-refractivity contribution < 1.29 is 0 Å². The third kappa shape index (κ3) is 5.01. The van der Waals surface area contributed by atoms with Crippen molar-refractivity contribution >= 4 is 0 Å². The third-order valence-corrected chi connectivity index (χ3v) is 4.91. The minimum Gasteiger partial charge on any atom is -0.312 e. The fourth-order valence-electron chi connectivity index (χ4n) is 3.68. The van der Waals surface area contributed by atoms with Crippen LogP contribution in [0.3, 0.4) is 0 Å². The normalized spacial score (nSPS) is 27.3. The first kappa shape index (κ1) is 16.3. The van der Waals surface area contributed by atoms with Gasteiger partial charge in [0.05, 0.1) is 0 Å². The van der Waals surface area contributed by atoms with Crippen LogP contribution >= 0.6 is 0 Å². The van der Waals surface area contributed by atoms with Crippen LogP contribution < -0.4 is 5.32 Å². The van der Waals surface area contributed by atoms with Crippen LogP contribution in [0, 0.1) is 0 Å². The summed E-state index contributed by atoms with van der Waals surface area (Å²) in [4.78, 5) is 5.49. The smallest absolute Gasteiger partial charge is 0.0223 e. The van der Waals surface area contributed by atoms with Gasteiger partial charge in [-0.1, -0.05) is 0 Å². The first-order chi connectivity index (χ1) is 9.46. The largest absolute Gasteiger partial charge is 0.312 e.